The summed E-state index contributed by atoms with van der Waals surface area (Å²) in [5.74, 6) is 1.25. The van der Waals surface area contributed by atoms with Crippen LogP contribution in [0.5, 0.6) is 5.75 Å². The van der Waals surface area contributed by atoms with Gasteiger partial charge in [0.1, 0.15) is 18.5 Å². The Bertz CT molecular complexity index is 495. The molecule has 1 aromatic carbocycles. The van der Waals surface area contributed by atoms with Crippen molar-refractivity contribution in [2.75, 3.05) is 6.61 Å². The Kier molecular flexibility index (Phi) is 4.58. The lowest BCUT2D eigenvalue weighted by Crippen LogP contribution is -2.24. The van der Waals surface area contributed by atoms with E-state index in [0.29, 0.717) is 12.5 Å². The van der Waals surface area contributed by atoms with E-state index in [-0.39, 0.29) is 6.61 Å². The van der Waals surface area contributed by atoms with Crippen molar-refractivity contribution in [2.45, 2.75) is 32.4 Å². The zero-order valence-corrected chi connectivity index (χ0v) is 11.4. The van der Waals surface area contributed by atoms with Gasteiger partial charge in [0.25, 0.3) is 0 Å². The van der Waals surface area contributed by atoms with Gasteiger partial charge >= 0.3 is 0 Å². The minimum atomic E-state index is -0.569. The second-order valence-corrected chi connectivity index (χ2v) is 4.89. The van der Waals surface area contributed by atoms with E-state index < -0.39 is 6.10 Å². The van der Waals surface area contributed by atoms with Crippen molar-refractivity contribution in [3.05, 3.63) is 48.3 Å². The molecular formula is C15H20N2O2. The third-order valence-electron chi connectivity index (χ3n) is 2.93. The summed E-state index contributed by atoms with van der Waals surface area (Å²) in [6.07, 6.45) is 2.95. The molecular weight excluding hydrogens is 240 g/mol. The maximum atomic E-state index is 9.93. The topological polar surface area (TPSA) is 47.3 Å². The maximum Gasteiger partial charge on any atom is 0.122 e. The molecule has 1 aromatic heterocycles. The molecule has 0 aliphatic carbocycles. The molecule has 0 amide bonds. The first-order valence-corrected chi connectivity index (χ1v) is 6.54. The number of hydrogen-bond acceptors (Lipinski definition) is 3. The molecule has 4 nitrogen and oxygen atoms in total. The Morgan fingerprint density at radius 3 is 2.74 bits per heavy atom. The second-order valence-electron chi connectivity index (χ2n) is 4.89. The molecule has 1 heterocycles. The van der Waals surface area contributed by atoms with Crippen LogP contribution in [-0.4, -0.2) is 27.6 Å². The second kappa shape index (κ2) is 6.38. The molecule has 102 valence electrons. The molecule has 1 atom stereocenters. The summed E-state index contributed by atoms with van der Waals surface area (Å²) in [5, 5.41) is 14.0. The number of nitrogens with zero attached hydrogens (tertiary/aromatic N) is 2. The van der Waals surface area contributed by atoms with Gasteiger partial charge in [0.2, 0.25) is 0 Å². The molecule has 0 spiro atoms. The Morgan fingerprint density at radius 1 is 1.26 bits per heavy atom. The fourth-order valence-electron chi connectivity index (χ4n) is 1.95. The monoisotopic (exact) mass is 260 g/mol. The predicted octanol–water partition coefficient (Wildman–Crippen LogP) is 2.45. The van der Waals surface area contributed by atoms with Crippen LogP contribution in [0.25, 0.3) is 0 Å². The smallest absolute Gasteiger partial charge is 0.122 e. The summed E-state index contributed by atoms with van der Waals surface area (Å²) in [5.41, 5.74) is 1.16. The lowest BCUT2D eigenvalue weighted by Gasteiger charge is -2.16. The number of benzene rings is 1. The number of ether oxygens (including phenoxy) is 1. The first-order chi connectivity index (χ1) is 9.16. The summed E-state index contributed by atoms with van der Waals surface area (Å²) in [6, 6.07) is 9.78. The molecule has 2 rings (SSSR count). The van der Waals surface area contributed by atoms with E-state index in [1.165, 1.54) is 0 Å². The van der Waals surface area contributed by atoms with Crippen LogP contribution >= 0.6 is 0 Å². The Labute approximate surface area is 113 Å². The highest BCUT2D eigenvalue weighted by Gasteiger charge is 2.10. The van der Waals surface area contributed by atoms with Gasteiger partial charge in [0.15, 0.2) is 0 Å². The molecule has 4 heteroatoms. The van der Waals surface area contributed by atoms with Gasteiger partial charge in [-0.25, -0.2) is 0 Å². The Morgan fingerprint density at radius 2 is 2.05 bits per heavy atom. The molecule has 0 bridgehead atoms. The standard InChI is InChI=1S/C15H20N2O2/c1-12(2)14-6-3-4-7-15(14)19-11-13(18)10-17-9-5-8-16-17/h3-9,12-13,18H,10-11H2,1-2H3. The van der Waals surface area contributed by atoms with Crippen molar-refractivity contribution in [3.8, 4) is 5.75 Å². The lowest BCUT2D eigenvalue weighted by molar-refractivity contribution is 0.0887. The first kappa shape index (κ1) is 13.6. The maximum absolute atomic E-state index is 9.93. The molecule has 0 saturated heterocycles. The molecule has 0 aliphatic rings. The molecule has 1 unspecified atom stereocenters. The van der Waals surface area contributed by atoms with E-state index in [2.05, 4.69) is 25.0 Å². The van der Waals surface area contributed by atoms with E-state index >= 15 is 0 Å². The number of aliphatic hydroxyl groups is 1. The van der Waals surface area contributed by atoms with Crippen LogP contribution in [0.2, 0.25) is 0 Å². The van der Waals surface area contributed by atoms with E-state index in [1.807, 2.05) is 30.5 Å². The summed E-state index contributed by atoms with van der Waals surface area (Å²) in [6.45, 7) is 4.96. The quantitative estimate of drug-likeness (QED) is 0.867. The van der Waals surface area contributed by atoms with Gasteiger partial charge in [-0.1, -0.05) is 32.0 Å². The van der Waals surface area contributed by atoms with Gasteiger partial charge in [-0.05, 0) is 23.6 Å². The van der Waals surface area contributed by atoms with Crippen molar-refractivity contribution < 1.29 is 9.84 Å². The largest absolute Gasteiger partial charge is 0.491 e. The highest BCUT2D eigenvalue weighted by Crippen LogP contribution is 2.25. The number of aliphatic hydroxyl groups excluding tert-OH is 1. The Balaban J connectivity index is 1.91. The molecule has 19 heavy (non-hydrogen) atoms. The average Bonchev–Trinajstić information content (AvgIpc) is 2.89. The van der Waals surface area contributed by atoms with Crippen molar-refractivity contribution in [1.29, 1.82) is 0 Å². The molecule has 2 aromatic rings. The third kappa shape index (κ3) is 3.83. The minimum absolute atomic E-state index is 0.267. The van der Waals surface area contributed by atoms with Crippen molar-refractivity contribution in [2.24, 2.45) is 0 Å². The van der Waals surface area contributed by atoms with Crippen molar-refractivity contribution in [1.82, 2.24) is 9.78 Å². The zero-order chi connectivity index (χ0) is 13.7. The zero-order valence-electron chi connectivity index (χ0n) is 11.4. The fourth-order valence-corrected chi connectivity index (χ4v) is 1.95. The highest BCUT2D eigenvalue weighted by molar-refractivity contribution is 5.35. The summed E-state index contributed by atoms with van der Waals surface area (Å²) >= 11 is 0. The van der Waals surface area contributed by atoms with Gasteiger partial charge in [0, 0.05) is 12.4 Å². The van der Waals surface area contributed by atoms with Gasteiger partial charge < -0.3 is 9.84 Å². The van der Waals surface area contributed by atoms with Gasteiger partial charge in [-0.15, -0.1) is 0 Å². The number of para-hydroxylation sites is 1. The molecule has 0 saturated carbocycles. The number of aromatic nitrogens is 2. The fraction of sp³-hybridized carbons (Fsp3) is 0.400. The molecule has 0 fully saturated rings. The van der Waals surface area contributed by atoms with E-state index in [4.69, 9.17) is 4.74 Å². The van der Waals surface area contributed by atoms with Gasteiger partial charge in [0.05, 0.1) is 6.54 Å². The normalized spacial score (nSPS) is 12.6. The molecule has 0 radical (unpaired) electrons. The van der Waals surface area contributed by atoms with Crippen LogP contribution in [-0.2, 0) is 6.54 Å². The number of rotatable bonds is 6. The Hall–Kier alpha value is -1.81. The summed E-state index contributed by atoms with van der Waals surface area (Å²) < 4.78 is 7.41. The van der Waals surface area contributed by atoms with Crippen molar-refractivity contribution in [3.63, 3.8) is 0 Å². The van der Waals surface area contributed by atoms with Gasteiger partial charge in [-0.2, -0.15) is 5.10 Å². The lowest BCUT2D eigenvalue weighted by atomic mass is 10.0. The van der Waals surface area contributed by atoms with Crippen LogP contribution in [0.1, 0.15) is 25.3 Å². The van der Waals surface area contributed by atoms with Crippen molar-refractivity contribution >= 4 is 0 Å². The first-order valence-electron chi connectivity index (χ1n) is 6.54. The molecule has 1 N–H and O–H groups in total. The highest BCUT2D eigenvalue weighted by atomic mass is 16.5. The van der Waals surface area contributed by atoms with Crippen LogP contribution in [0, 0.1) is 0 Å². The van der Waals surface area contributed by atoms with Crippen LogP contribution in [0.15, 0.2) is 42.7 Å². The van der Waals surface area contributed by atoms with Crippen LogP contribution in [0.4, 0.5) is 0 Å². The van der Waals surface area contributed by atoms with Gasteiger partial charge in [-0.3, -0.25) is 4.68 Å². The van der Waals surface area contributed by atoms with Crippen LogP contribution < -0.4 is 4.74 Å². The summed E-state index contributed by atoms with van der Waals surface area (Å²) in [7, 11) is 0. The SMILES string of the molecule is CC(C)c1ccccc1OCC(O)Cn1cccn1. The van der Waals surface area contributed by atoms with E-state index in [9.17, 15) is 5.11 Å². The average molecular weight is 260 g/mol. The minimum Gasteiger partial charge on any atom is -0.491 e. The number of hydrogen-bond donors (Lipinski definition) is 1. The summed E-state index contributed by atoms with van der Waals surface area (Å²) in [4.78, 5) is 0. The van der Waals surface area contributed by atoms with E-state index in [1.54, 1.807) is 10.9 Å². The predicted molar refractivity (Wildman–Crippen MR) is 74.3 cm³/mol. The molecule has 0 aliphatic heterocycles. The van der Waals surface area contributed by atoms with E-state index in [0.717, 1.165) is 11.3 Å². The van der Waals surface area contributed by atoms with Crippen LogP contribution in [0.3, 0.4) is 0 Å². The third-order valence-corrected chi connectivity index (χ3v) is 2.93.